The minimum atomic E-state index is -0.344. The zero-order valence-corrected chi connectivity index (χ0v) is 15.8. The Morgan fingerprint density at radius 1 is 1.00 bits per heavy atom. The van der Waals surface area contributed by atoms with Gasteiger partial charge in [-0.2, -0.15) is 0 Å². The quantitative estimate of drug-likeness (QED) is 0.382. The Morgan fingerprint density at radius 3 is 2.55 bits per heavy atom. The molecule has 1 amide bonds. The first kappa shape index (κ1) is 18.4. The lowest BCUT2D eigenvalue weighted by atomic mass is 10.1. The van der Waals surface area contributed by atoms with Gasteiger partial charge in [-0.15, -0.1) is 0 Å². The predicted molar refractivity (Wildman–Crippen MR) is 112 cm³/mol. The zero-order chi connectivity index (χ0) is 20.2. The van der Waals surface area contributed by atoms with Gasteiger partial charge in [-0.05, 0) is 54.6 Å². The minimum absolute atomic E-state index is 0.272. The van der Waals surface area contributed by atoms with Gasteiger partial charge in [0.05, 0.1) is 11.0 Å². The van der Waals surface area contributed by atoms with E-state index in [1.165, 1.54) is 0 Å². The third-order valence-electron chi connectivity index (χ3n) is 4.42. The van der Waals surface area contributed by atoms with Crippen molar-refractivity contribution < 1.29 is 14.3 Å². The third-order valence-corrected chi connectivity index (χ3v) is 4.42. The second-order valence-electron chi connectivity index (χ2n) is 6.49. The fourth-order valence-corrected chi connectivity index (χ4v) is 2.91. The summed E-state index contributed by atoms with van der Waals surface area (Å²) in [6.45, 7) is 1.72. The number of esters is 1. The second-order valence-corrected chi connectivity index (χ2v) is 6.49. The maximum Gasteiger partial charge on any atom is 0.310 e. The average molecular weight is 385 g/mol. The van der Waals surface area contributed by atoms with Crippen molar-refractivity contribution in [1.82, 2.24) is 9.97 Å². The number of H-pyrrole nitrogens is 1. The summed E-state index contributed by atoms with van der Waals surface area (Å²) in [5, 5.41) is 2.85. The fourth-order valence-electron chi connectivity index (χ4n) is 2.91. The number of carbonyl (C=O) groups excluding carboxylic acids is 2. The van der Waals surface area contributed by atoms with Gasteiger partial charge in [-0.1, -0.05) is 25.1 Å². The number of carbonyl (C=O) groups is 2. The lowest BCUT2D eigenvalue weighted by molar-refractivity contribution is -0.134. The molecular weight excluding hydrogens is 366 g/mol. The summed E-state index contributed by atoms with van der Waals surface area (Å²) in [6.07, 6.45) is 0.272. The smallest absolute Gasteiger partial charge is 0.310 e. The molecule has 0 radical (unpaired) electrons. The van der Waals surface area contributed by atoms with Gasteiger partial charge in [0.1, 0.15) is 11.6 Å². The molecule has 0 bridgehead atoms. The predicted octanol–water partition coefficient (Wildman–Crippen LogP) is 4.80. The van der Waals surface area contributed by atoms with Crippen molar-refractivity contribution >= 4 is 28.6 Å². The molecule has 0 saturated carbocycles. The first-order valence-corrected chi connectivity index (χ1v) is 9.29. The molecule has 144 valence electrons. The molecular formula is C23H19N3O3. The largest absolute Gasteiger partial charge is 0.427 e. The Bertz CT molecular complexity index is 1150. The Morgan fingerprint density at radius 2 is 1.79 bits per heavy atom. The van der Waals surface area contributed by atoms with Crippen LogP contribution in [0.4, 0.5) is 5.69 Å². The lowest BCUT2D eigenvalue weighted by Crippen LogP contribution is -2.12. The minimum Gasteiger partial charge on any atom is -0.427 e. The molecule has 0 fully saturated rings. The van der Waals surface area contributed by atoms with E-state index < -0.39 is 0 Å². The molecule has 6 nitrogen and oxygen atoms in total. The zero-order valence-electron chi connectivity index (χ0n) is 15.8. The molecule has 0 atom stereocenters. The summed E-state index contributed by atoms with van der Waals surface area (Å²) < 4.78 is 5.16. The molecule has 29 heavy (non-hydrogen) atoms. The van der Waals surface area contributed by atoms with Gasteiger partial charge in [-0.3, -0.25) is 9.59 Å². The monoisotopic (exact) mass is 385 g/mol. The lowest BCUT2D eigenvalue weighted by Gasteiger charge is -2.08. The van der Waals surface area contributed by atoms with Crippen molar-refractivity contribution in [2.45, 2.75) is 13.3 Å². The first-order valence-electron chi connectivity index (χ1n) is 9.29. The van der Waals surface area contributed by atoms with Crippen LogP contribution >= 0.6 is 0 Å². The van der Waals surface area contributed by atoms with Crippen molar-refractivity contribution in [2.75, 3.05) is 5.32 Å². The molecule has 3 aromatic carbocycles. The summed E-state index contributed by atoms with van der Waals surface area (Å²) in [5.74, 6) is 0.499. The number of imidazole rings is 1. The summed E-state index contributed by atoms with van der Waals surface area (Å²) in [7, 11) is 0. The van der Waals surface area contributed by atoms with Gasteiger partial charge < -0.3 is 15.0 Å². The standard InChI is InChI=1S/C23H19N3O3/c1-2-21(27)29-18-7-5-6-16(14-18)23(28)24-17-12-10-15(11-13-17)22-25-19-8-3-4-9-20(19)26-22/h3-14H,2H2,1H3,(H,24,28)(H,25,26). The van der Waals surface area contributed by atoms with Crippen LogP contribution in [0, 0.1) is 0 Å². The van der Waals surface area contributed by atoms with Crippen molar-refractivity contribution in [3.8, 4) is 17.1 Å². The number of hydrogen-bond acceptors (Lipinski definition) is 4. The fraction of sp³-hybridized carbons (Fsp3) is 0.0870. The molecule has 0 aliphatic carbocycles. The topological polar surface area (TPSA) is 84.1 Å². The van der Waals surface area contributed by atoms with E-state index in [0.29, 0.717) is 17.0 Å². The number of aromatic nitrogens is 2. The van der Waals surface area contributed by atoms with Crippen molar-refractivity contribution in [1.29, 1.82) is 0 Å². The van der Waals surface area contributed by atoms with E-state index >= 15 is 0 Å². The van der Waals surface area contributed by atoms with Gasteiger partial charge in [-0.25, -0.2) is 4.98 Å². The highest BCUT2D eigenvalue weighted by molar-refractivity contribution is 6.04. The normalized spacial score (nSPS) is 10.7. The van der Waals surface area contributed by atoms with Crippen LogP contribution in [-0.2, 0) is 4.79 Å². The van der Waals surface area contributed by atoms with E-state index in [0.717, 1.165) is 22.4 Å². The van der Waals surface area contributed by atoms with E-state index in [1.54, 1.807) is 31.2 Å². The molecule has 0 aliphatic rings. The molecule has 6 heteroatoms. The molecule has 0 saturated heterocycles. The van der Waals surface area contributed by atoms with Crippen LogP contribution < -0.4 is 10.1 Å². The molecule has 1 heterocycles. The number of fused-ring (bicyclic) bond motifs is 1. The van der Waals surface area contributed by atoms with E-state index in [1.807, 2.05) is 48.5 Å². The summed E-state index contributed by atoms with van der Waals surface area (Å²) in [4.78, 5) is 31.8. The number of benzene rings is 3. The highest BCUT2D eigenvalue weighted by Gasteiger charge is 2.10. The third kappa shape index (κ3) is 4.16. The number of anilines is 1. The highest BCUT2D eigenvalue weighted by Crippen LogP contribution is 2.22. The van der Waals surface area contributed by atoms with E-state index in [-0.39, 0.29) is 18.3 Å². The Labute approximate surface area is 167 Å². The van der Waals surface area contributed by atoms with Crippen molar-refractivity contribution in [3.05, 3.63) is 78.4 Å². The second kappa shape index (κ2) is 7.98. The van der Waals surface area contributed by atoms with Gasteiger partial charge >= 0.3 is 5.97 Å². The summed E-state index contributed by atoms with van der Waals surface area (Å²) in [5.41, 5.74) is 3.87. The van der Waals surface area contributed by atoms with Crippen LogP contribution in [0.3, 0.4) is 0 Å². The number of amides is 1. The van der Waals surface area contributed by atoms with Crippen molar-refractivity contribution in [3.63, 3.8) is 0 Å². The molecule has 0 unspecified atom stereocenters. The summed E-state index contributed by atoms with van der Waals surface area (Å²) >= 11 is 0. The maximum absolute atomic E-state index is 12.5. The van der Waals surface area contributed by atoms with Crippen molar-refractivity contribution in [2.24, 2.45) is 0 Å². The van der Waals surface area contributed by atoms with Gasteiger partial charge in [0.25, 0.3) is 5.91 Å². The molecule has 2 N–H and O–H groups in total. The Hall–Kier alpha value is -3.93. The number of nitrogens with one attached hydrogen (secondary N) is 2. The Balaban J connectivity index is 1.48. The number of ether oxygens (including phenoxy) is 1. The van der Waals surface area contributed by atoms with Crippen LogP contribution in [0.5, 0.6) is 5.75 Å². The molecule has 4 rings (SSSR count). The highest BCUT2D eigenvalue weighted by atomic mass is 16.5. The van der Waals surface area contributed by atoms with E-state index in [2.05, 4.69) is 15.3 Å². The molecule has 0 aliphatic heterocycles. The molecule has 0 spiro atoms. The van der Waals surface area contributed by atoms with E-state index in [4.69, 9.17) is 4.74 Å². The number of para-hydroxylation sites is 2. The van der Waals surface area contributed by atoms with Crippen LogP contribution in [0.15, 0.2) is 72.8 Å². The summed E-state index contributed by atoms with van der Waals surface area (Å²) in [6, 6.07) is 21.8. The van der Waals surface area contributed by atoms with Crippen LogP contribution in [0.1, 0.15) is 23.7 Å². The first-order chi connectivity index (χ1) is 14.1. The van der Waals surface area contributed by atoms with Gasteiger partial charge in [0.15, 0.2) is 0 Å². The molecule has 1 aromatic heterocycles. The SMILES string of the molecule is CCC(=O)Oc1cccc(C(=O)Nc2ccc(-c3nc4ccccc4[nH]3)cc2)c1. The number of aromatic amines is 1. The van der Waals surface area contributed by atoms with E-state index in [9.17, 15) is 9.59 Å². The number of hydrogen-bond donors (Lipinski definition) is 2. The average Bonchev–Trinajstić information content (AvgIpc) is 3.18. The number of rotatable bonds is 5. The Kier molecular flexibility index (Phi) is 5.07. The van der Waals surface area contributed by atoms with Gasteiger partial charge in [0, 0.05) is 23.2 Å². The molecule has 4 aromatic rings. The van der Waals surface area contributed by atoms with Crippen LogP contribution in [0.2, 0.25) is 0 Å². The van der Waals surface area contributed by atoms with Crippen LogP contribution in [-0.4, -0.2) is 21.8 Å². The van der Waals surface area contributed by atoms with Gasteiger partial charge in [0.2, 0.25) is 0 Å². The van der Waals surface area contributed by atoms with Crippen LogP contribution in [0.25, 0.3) is 22.4 Å². The maximum atomic E-state index is 12.5. The number of nitrogens with zero attached hydrogens (tertiary/aromatic N) is 1.